The van der Waals surface area contributed by atoms with Crippen LogP contribution < -0.4 is 5.48 Å². The molecule has 0 aliphatic rings. The van der Waals surface area contributed by atoms with Gasteiger partial charge in [-0.25, -0.2) is 4.99 Å². The Labute approximate surface area is 82.0 Å². The van der Waals surface area contributed by atoms with Crippen LogP contribution in [0.1, 0.15) is 13.3 Å². The van der Waals surface area contributed by atoms with Gasteiger partial charge < -0.3 is 0 Å². The summed E-state index contributed by atoms with van der Waals surface area (Å²) in [5.41, 5.74) is 2.80. The largest absolute Gasteiger partial charge is 0.290 e. The Kier molecular flexibility index (Phi) is 3.73. The molecule has 1 rings (SSSR count). The molecular formula is C9H11ClN2O. The highest BCUT2D eigenvalue weighted by Crippen LogP contribution is 2.16. The van der Waals surface area contributed by atoms with E-state index in [-0.39, 0.29) is 0 Å². The van der Waals surface area contributed by atoms with E-state index in [9.17, 15) is 0 Å². The predicted octanol–water partition coefficient (Wildman–Crippen LogP) is 2.76. The minimum absolute atomic E-state index is 0.530. The summed E-state index contributed by atoms with van der Waals surface area (Å²) < 4.78 is 0. The smallest absolute Gasteiger partial charge is 0.126 e. The quantitative estimate of drug-likeness (QED) is 0.436. The van der Waals surface area contributed by atoms with Crippen molar-refractivity contribution in [2.45, 2.75) is 13.3 Å². The zero-order valence-electron chi connectivity index (χ0n) is 7.29. The van der Waals surface area contributed by atoms with E-state index < -0.39 is 0 Å². The fourth-order valence-corrected chi connectivity index (χ4v) is 0.981. The Hall–Kier alpha value is -1.06. The topological polar surface area (TPSA) is 44.6 Å². The Morgan fingerprint density at radius 1 is 1.46 bits per heavy atom. The van der Waals surface area contributed by atoms with E-state index in [0.717, 1.165) is 5.69 Å². The highest BCUT2D eigenvalue weighted by Gasteiger charge is 1.93. The molecule has 0 unspecified atom stereocenters. The van der Waals surface area contributed by atoms with Crippen molar-refractivity contribution in [1.29, 1.82) is 0 Å². The molecule has 0 aromatic heterocycles. The molecule has 0 fully saturated rings. The molecule has 2 N–H and O–H groups in total. The third-order valence-corrected chi connectivity index (χ3v) is 1.81. The third-order valence-electron chi connectivity index (χ3n) is 1.55. The number of rotatable bonds is 2. The summed E-state index contributed by atoms with van der Waals surface area (Å²) in [4.78, 5) is 4.13. The van der Waals surface area contributed by atoms with Crippen molar-refractivity contribution in [2.75, 3.05) is 0 Å². The summed E-state index contributed by atoms with van der Waals surface area (Å²) in [6.07, 6.45) is 0.652. The van der Waals surface area contributed by atoms with Crippen LogP contribution in [0.25, 0.3) is 0 Å². The van der Waals surface area contributed by atoms with Crippen LogP contribution in [0.15, 0.2) is 29.3 Å². The van der Waals surface area contributed by atoms with Crippen molar-refractivity contribution in [3.63, 3.8) is 0 Å². The summed E-state index contributed by atoms with van der Waals surface area (Å²) in [6.45, 7) is 1.90. The Morgan fingerprint density at radius 3 is 2.54 bits per heavy atom. The zero-order valence-corrected chi connectivity index (χ0v) is 8.04. The first kappa shape index (κ1) is 10.0. The summed E-state index contributed by atoms with van der Waals surface area (Å²) in [6, 6.07) is 7.08. The number of nitrogens with one attached hydrogen (secondary N) is 1. The lowest BCUT2D eigenvalue weighted by Crippen LogP contribution is -2.17. The molecule has 0 aliphatic heterocycles. The molecule has 0 bridgehead atoms. The molecule has 0 spiro atoms. The number of hydroxylamine groups is 1. The van der Waals surface area contributed by atoms with Gasteiger partial charge in [0.1, 0.15) is 5.84 Å². The normalized spacial score (nSPS) is 11.5. The highest BCUT2D eigenvalue weighted by molar-refractivity contribution is 6.30. The molecule has 3 nitrogen and oxygen atoms in total. The maximum absolute atomic E-state index is 8.64. The second-order valence-corrected chi connectivity index (χ2v) is 2.94. The van der Waals surface area contributed by atoms with Gasteiger partial charge in [0.2, 0.25) is 0 Å². The van der Waals surface area contributed by atoms with Gasteiger partial charge in [-0.15, -0.1) is 0 Å². The van der Waals surface area contributed by atoms with Crippen molar-refractivity contribution in [3.8, 4) is 0 Å². The van der Waals surface area contributed by atoms with Gasteiger partial charge in [-0.2, -0.15) is 0 Å². The lowest BCUT2D eigenvalue weighted by molar-refractivity contribution is 0.232. The lowest BCUT2D eigenvalue weighted by atomic mass is 10.3. The van der Waals surface area contributed by atoms with Crippen molar-refractivity contribution in [3.05, 3.63) is 29.3 Å². The van der Waals surface area contributed by atoms with Gasteiger partial charge in [-0.1, -0.05) is 18.5 Å². The molecule has 13 heavy (non-hydrogen) atoms. The van der Waals surface area contributed by atoms with Gasteiger partial charge in [0, 0.05) is 11.4 Å². The van der Waals surface area contributed by atoms with Gasteiger partial charge in [0.25, 0.3) is 0 Å². The molecule has 70 valence electrons. The Bertz CT molecular complexity index is 289. The van der Waals surface area contributed by atoms with E-state index in [0.29, 0.717) is 17.3 Å². The fraction of sp³-hybridized carbons (Fsp3) is 0.222. The first-order chi connectivity index (χ1) is 6.26. The average Bonchev–Trinajstić information content (AvgIpc) is 2.17. The van der Waals surface area contributed by atoms with E-state index in [1.807, 2.05) is 12.4 Å². The number of amidine groups is 1. The van der Waals surface area contributed by atoms with E-state index in [4.69, 9.17) is 16.8 Å². The molecule has 0 radical (unpaired) electrons. The van der Waals surface area contributed by atoms with Crippen LogP contribution >= 0.6 is 11.6 Å². The van der Waals surface area contributed by atoms with Crippen LogP contribution in [0, 0.1) is 0 Å². The molecule has 0 heterocycles. The monoisotopic (exact) mass is 198 g/mol. The number of hydrogen-bond donors (Lipinski definition) is 2. The summed E-state index contributed by atoms with van der Waals surface area (Å²) in [5, 5.41) is 9.31. The Morgan fingerprint density at radius 2 is 2.08 bits per heavy atom. The average molecular weight is 199 g/mol. The molecule has 1 aromatic rings. The van der Waals surface area contributed by atoms with Crippen LogP contribution in [-0.2, 0) is 0 Å². The fourth-order valence-electron chi connectivity index (χ4n) is 0.855. The van der Waals surface area contributed by atoms with E-state index >= 15 is 0 Å². The first-order valence-corrected chi connectivity index (χ1v) is 4.37. The van der Waals surface area contributed by atoms with Crippen LogP contribution in [0.5, 0.6) is 0 Å². The molecule has 0 saturated carbocycles. The summed E-state index contributed by atoms with van der Waals surface area (Å²) in [5.74, 6) is 0.530. The highest BCUT2D eigenvalue weighted by atomic mass is 35.5. The van der Waals surface area contributed by atoms with Crippen LogP contribution in [0.2, 0.25) is 5.02 Å². The van der Waals surface area contributed by atoms with Gasteiger partial charge in [-0.05, 0) is 24.3 Å². The van der Waals surface area contributed by atoms with Gasteiger partial charge in [-0.3, -0.25) is 10.7 Å². The lowest BCUT2D eigenvalue weighted by Gasteiger charge is -2.00. The van der Waals surface area contributed by atoms with Gasteiger partial charge in [0.15, 0.2) is 0 Å². The second-order valence-electron chi connectivity index (χ2n) is 2.50. The standard InChI is InChI=1S/C9H11ClN2O/c1-2-9(12-13)11-8-5-3-7(10)4-6-8/h3-6,13H,2H2,1H3,(H,11,12). The maximum Gasteiger partial charge on any atom is 0.126 e. The minimum Gasteiger partial charge on any atom is -0.290 e. The minimum atomic E-state index is 0.530. The summed E-state index contributed by atoms with van der Waals surface area (Å²) in [7, 11) is 0. The molecule has 1 aromatic carbocycles. The van der Waals surface area contributed by atoms with Crippen molar-refractivity contribution in [1.82, 2.24) is 5.48 Å². The third kappa shape index (κ3) is 3.05. The first-order valence-electron chi connectivity index (χ1n) is 3.99. The van der Waals surface area contributed by atoms with Crippen molar-refractivity contribution in [2.24, 2.45) is 4.99 Å². The molecule has 0 aliphatic carbocycles. The molecule has 0 atom stereocenters. The number of nitrogens with zero attached hydrogens (tertiary/aromatic N) is 1. The van der Waals surface area contributed by atoms with E-state index in [2.05, 4.69) is 4.99 Å². The predicted molar refractivity (Wildman–Crippen MR) is 53.8 cm³/mol. The number of hydrogen-bond acceptors (Lipinski definition) is 2. The SMILES string of the molecule is CCC(=Nc1ccc(Cl)cc1)NO. The molecule has 4 heteroatoms. The van der Waals surface area contributed by atoms with Crippen molar-refractivity contribution >= 4 is 23.1 Å². The zero-order chi connectivity index (χ0) is 9.68. The molecule has 0 saturated heterocycles. The molecular weight excluding hydrogens is 188 g/mol. The van der Waals surface area contributed by atoms with E-state index in [1.165, 1.54) is 0 Å². The molecule has 0 amide bonds. The van der Waals surface area contributed by atoms with E-state index in [1.54, 1.807) is 24.3 Å². The maximum atomic E-state index is 8.64. The van der Waals surface area contributed by atoms with Gasteiger partial charge >= 0.3 is 0 Å². The Balaban J connectivity index is 2.84. The van der Waals surface area contributed by atoms with Crippen LogP contribution in [0.3, 0.4) is 0 Å². The number of halogens is 1. The van der Waals surface area contributed by atoms with Crippen molar-refractivity contribution < 1.29 is 5.21 Å². The van der Waals surface area contributed by atoms with Crippen LogP contribution in [-0.4, -0.2) is 11.0 Å². The summed E-state index contributed by atoms with van der Waals surface area (Å²) >= 11 is 5.70. The number of aliphatic imine (C=N–C) groups is 1. The van der Waals surface area contributed by atoms with Gasteiger partial charge in [0.05, 0.1) is 5.69 Å². The number of benzene rings is 1. The van der Waals surface area contributed by atoms with Crippen LogP contribution in [0.4, 0.5) is 5.69 Å². The second kappa shape index (κ2) is 4.84.